The van der Waals surface area contributed by atoms with Gasteiger partial charge in [0.05, 0.1) is 6.54 Å². The van der Waals surface area contributed by atoms with Crippen LogP contribution in [0, 0.1) is 0 Å². The van der Waals surface area contributed by atoms with Crippen LogP contribution in [-0.4, -0.2) is 47.6 Å². The highest BCUT2D eigenvalue weighted by atomic mass is 19.4. The largest absolute Gasteiger partial charge is 0.416 e. The van der Waals surface area contributed by atoms with Crippen molar-refractivity contribution in [3.63, 3.8) is 0 Å². The number of carbonyl (C=O) groups excluding carboxylic acids is 2. The number of nitrogens with zero attached hydrogens (tertiary/aromatic N) is 1. The van der Waals surface area contributed by atoms with Crippen molar-refractivity contribution < 1.29 is 27.9 Å². The third kappa shape index (κ3) is 4.06. The first-order valence-electron chi connectivity index (χ1n) is 5.74. The van der Waals surface area contributed by atoms with E-state index in [9.17, 15) is 22.8 Å². The molecule has 0 aromatic heterocycles. The van der Waals surface area contributed by atoms with Crippen LogP contribution in [-0.2, 0) is 0 Å². The maximum absolute atomic E-state index is 12.2. The number of carbonyl (C=O) groups is 2. The zero-order chi connectivity index (χ0) is 15.5. The molecule has 110 valence electrons. The Hall–Kier alpha value is -1.89. The quantitative estimate of drug-likeness (QED) is 0.861. The highest BCUT2D eigenvalue weighted by Gasteiger charge is 2.39. The summed E-state index contributed by atoms with van der Waals surface area (Å²) >= 11 is 0. The SMILES string of the molecule is CC(=O)c1ccc(C(=O)N(C)C[C@@H](O)C(F)(F)F)cc1. The summed E-state index contributed by atoms with van der Waals surface area (Å²) in [5.74, 6) is -0.840. The van der Waals surface area contributed by atoms with Gasteiger partial charge in [0.15, 0.2) is 11.9 Å². The normalized spacial score (nSPS) is 12.9. The summed E-state index contributed by atoms with van der Waals surface area (Å²) in [6, 6.07) is 5.55. The second-order valence-corrected chi connectivity index (χ2v) is 4.38. The maximum atomic E-state index is 12.2. The highest BCUT2D eigenvalue weighted by Crippen LogP contribution is 2.21. The van der Waals surface area contributed by atoms with Crippen LogP contribution in [0.4, 0.5) is 13.2 Å². The summed E-state index contributed by atoms with van der Waals surface area (Å²) < 4.78 is 36.6. The predicted octanol–water partition coefficient (Wildman–Crippen LogP) is 1.88. The molecule has 4 nitrogen and oxygen atoms in total. The molecule has 0 saturated heterocycles. The minimum absolute atomic E-state index is 0.145. The highest BCUT2D eigenvalue weighted by molar-refractivity contribution is 5.97. The molecule has 1 amide bonds. The number of benzene rings is 1. The van der Waals surface area contributed by atoms with Gasteiger partial charge in [0.1, 0.15) is 0 Å². The van der Waals surface area contributed by atoms with Crippen molar-refractivity contribution in [1.82, 2.24) is 4.90 Å². The van der Waals surface area contributed by atoms with Crippen molar-refractivity contribution >= 4 is 11.7 Å². The zero-order valence-electron chi connectivity index (χ0n) is 10.9. The third-order valence-corrected chi connectivity index (χ3v) is 2.71. The molecule has 1 atom stereocenters. The Morgan fingerprint density at radius 1 is 1.20 bits per heavy atom. The molecule has 1 aromatic rings. The third-order valence-electron chi connectivity index (χ3n) is 2.71. The standard InChI is InChI=1S/C13H14F3NO3/c1-8(18)9-3-5-10(6-4-9)12(20)17(2)7-11(19)13(14,15)16/h3-6,11,19H,7H2,1-2H3/t11-/m1/s1. The molecule has 1 aromatic carbocycles. The van der Waals surface area contributed by atoms with E-state index in [1.165, 1.54) is 31.2 Å². The smallest absolute Gasteiger partial charge is 0.382 e. The molecule has 0 unspecified atom stereocenters. The first-order chi connectivity index (χ1) is 9.12. The number of aliphatic hydroxyl groups is 1. The Labute approximate surface area is 113 Å². The molecule has 0 heterocycles. The summed E-state index contributed by atoms with van der Waals surface area (Å²) in [4.78, 5) is 23.7. The molecule has 0 saturated carbocycles. The minimum atomic E-state index is -4.77. The average Bonchev–Trinajstić information content (AvgIpc) is 2.36. The van der Waals surface area contributed by atoms with Crippen LogP contribution in [0.3, 0.4) is 0 Å². The monoisotopic (exact) mass is 289 g/mol. The van der Waals surface area contributed by atoms with Crippen molar-refractivity contribution in [3.8, 4) is 0 Å². The van der Waals surface area contributed by atoms with Crippen LogP contribution in [0.5, 0.6) is 0 Å². The maximum Gasteiger partial charge on any atom is 0.416 e. The Morgan fingerprint density at radius 2 is 1.65 bits per heavy atom. The van der Waals surface area contributed by atoms with Crippen LogP contribution in [0.2, 0.25) is 0 Å². The molecular weight excluding hydrogens is 275 g/mol. The lowest BCUT2D eigenvalue weighted by atomic mass is 10.1. The molecule has 0 aliphatic heterocycles. The van der Waals surface area contributed by atoms with Gasteiger partial charge < -0.3 is 10.0 Å². The lowest BCUT2D eigenvalue weighted by Crippen LogP contribution is -2.41. The molecule has 0 bridgehead atoms. The number of likely N-dealkylation sites (N-methyl/N-ethyl adjacent to an activating group) is 1. The van der Waals surface area contributed by atoms with Crippen molar-refractivity contribution in [3.05, 3.63) is 35.4 Å². The molecule has 1 rings (SSSR count). The van der Waals surface area contributed by atoms with E-state index in [0.717, 1.165) is 11.9 Å². The lowest BCUT2D eigenvalue weighted by Gasteiger charge is -2.22. The fourth-order valence-corrected chi connectivity index (χ4v) is 1.51. The first kappa shape index (κ1) is 16.2. The van der Waals surface area contributed by atoms with Crippen LogP contribution in [0.1, 0.15) is 27.6 Å². The van der Waals surface area contributed by atoms with Crippen molar-refractivity contribution in [2.24, 2.45) is 0 Å². The van der Waals surface area contributed by atoms with Gasteiger partial charge in [-0.3, -0.25) is 9.59 Å². The number of Topliss-reactive ketones (excluding diaryl/α,β-unsaturated/α-hetero) is 1. The van der Waals surface area contributed by atoms with Gasteiger partial charge in [-0.15, -0.1) is 0 Å². The fraction of sp³-hybridized carbons (Fsp3) is 0.385. The summed E-state index contributed by atoms with van der Waals surface area (Å²) in [6.45, 7) is 0.513. The molecule has 0 aliphatic rings. The number of rotatable bonds is 4. The van der Waals surface area contributed by atoms with Gasteiger partial charge >= 0.3 is 6.18 Å². The molecule has 7 heteroatoms. The summed E-state index contributed by atoms with van der Waals surface area (Å²) in [5, 5.41) is 8.91. The second-order valence-electron chi connectivity index (χ2n) is 4.38. The van der Waals surface area contributed by atoms with Gasteiger partial charge in [-0.05, 0) is 19.1 Å². The van der Waals surface area contributed by atoms with E-state index in [1.54, 1.807) is 0 Å². The van der Waals surface area contributed by atoms with Gasteiger partial charge in [-0.1, -0.05) is 12.1 Å². The van der Waals surface area contributed by atoms with E-state index in [1.807, 2.05) is 0 Å². The molecule has 0 spiro atoms. The average molecular weight is 289 g/mol. The Morgan fingerprint density at radius 3 is 2.05 bits per heavy atom. The van der Waals surface area contributed by atoms with Gasteiger partial charge in [0, 0.05) is 18.2 Å². The zero-order valence-corrected chi connectivity index (χ0v) is 10.9. The molecule has 0 aliphatic carbocycles. The van der Waals surface area contributed by atoms with Crippen molar-refractivity contribution in [2.75, 3.05) is 13.6 Å². The minimum Gasteiger partial charge on any atom is -0.382 e. The van der Waals surface area contributed by atoms with E-state index in [0.29, 0.717) is 5.56 Å². The number of alkyl halides is 3. The van der Waals surface area contributed by atoms with Gasteiger partial charge in [-0.25, -0.2) is 0 Å². The number of halogens is 3. The number of ketones is 1. The van der Waals surface area contributed by atoms with E-state index in [2.05, 4.69) is 0 Å². The van der Waals surface area contributed by atoms with E-state index in [-0.39, 0.29) is 11.3 Å². The topological polar surface area (TPSA) is 57.6 Å². The summed E-state index contributed by atoms with van der Waals surface area (Å²) in [6.07, 6.45) is -7.36. The van der Waals surface area contributed by atoms with Crippen LogP contribution in [0.25, 0.3) is 0 Å². The van der Waals surface area contributed by atoms with Crippen LogP contribution >= 0.6 is 0 Å². The van der Waals surface area contributed by atoms with Crippen LogP contribution in [0.15, 0.2) is 24.3 Å². The number of amides is 1. The Bertz CT molecular complexity index is 497. The number of aliphatic hydroxyl groups excluding tert-OH is 1. The van der Waals surface area contributed by atoms with Crippen LogP contribution < -0.4 is 0 Å². The molecule has 0 fully saturated rings. The van der Waals surface area contributed by atoms with E-state index >= 15 is 0 Å². The molecular formula is C13H14F3NO3. The first-order valence-corrected chi connectivity index (χ1v) is 5.74. The number of hydrogen-bond acceptors (Lipinski definition) is 3. The van der Waals surface area contributed by atoms with Crippen molar-refractivity contribution in [1.29, 1.82) is 0 Å². The van der Waals surface area contributed by atoms with Crippen molar-refractivity contribution in [2.45, 2.75) is 19.2 Å². The Balaban J connectivity index is 2.77. The van der Waals surface area contributed by atoms with E-state index < -0.39 is 24.7 Å². The predicted molar refractivity (Wildman–Crippen MR) is 65.5 cm³/mol. The molecule has 1 N–H and O–H groups in total. The summed E-state index contributed by atoms with van der Waals surface area (Å²) in [7, 11) is 1.16. The fourth-order valence-electron chi connectivity index (χ4n) is 1.51. The molecule has 0 radical (unpaired) electrons. The molecule has 20 heavy (non-hydrogen) atoms. The lowest BCUT2D eigenvalue weighted by molar-refractivity contribution is -0.205. The van der Waals surface area contributed by atoms with E-state index in [4.69, 9.17) is 5.11 Å². The van der Waals surface area contributed by atoms with Gasteiger partial charge in [0.25, 0.3) is 5.91 Å². The second kappa shape index (κ2) is 6.04. The summed E-state index contributed by atoms with van der Waals surface area (Å²) in [5.41, 5.74) is 0.548. The van der Waals surface area contributed by atoms with Gasteiger partial charge in [-0.2, -0.15) is 13.2 Å². The number of hydrogen-bond donors (Lipinski definition) is 1. The Kier molecular flexibility index (Phi) is 4.88. The van der Waals surface area contributed by atoms with Gasteiger partial charge in [0.2, 0.25) is 0 Å².